The molecule has 3 unspecified atom stereocenters. The lowest BCUT2D eigenvalue weighted by molar-refractivity contribution is -0.136. The lowest BCUT2D eigenvalue weighted by atomic mass is 9.78. The molecule has 0 aliphatic heterocycles. The second kappa shape index (κ2) is 7.48. The van der Waals surface area contributed by atoms with Crippen LogP contribution >= 0.6 is 0 Å². The molecule has 1 saturated carbocycles. The van der Waals surface area contributed by atoms with Crippen LogP contribution in [-0.2, 0) is 9.59 Å². The quantitative estimate of drug-likeness (QED) is 0.773. The Morgan fingerprint density at radius 2 is 2.11 bits per heavy atom. The SMILES string of the molecule is CNC(=O)CCN(C)C(=O)C(C)C1CCCC(N)C1. The normalized spacial score (nSPS) is 24.6. The van der Waals surface area contributed by atoms with Crippen molar-refractivity contribution in [3.05, 3.63) is 0 Å². The molecule has 0 heterocycles. The molecule has 0 aromatic heterocycles. The lowest BCUT2D eigenvalue weighted by Crippen LogP contribution is -2.40. The van der Waals surface area contributed by atoms with E-state index >= 15 is 0 Å². The van der Waals surface area contributed by atoms with Crippen LogP contribution in [0.2, 0.25) is 0 Å². The average Bonchev–Trinajstić information content (AvgIpc) is 2.42. The van der Waals surface area contributed by atoms with E-state index in [2.05, 4.69) is 5.32 Å². The third kappa shape index (κ3) is 4.82. The molecule has 3 N–H and O–H groups in total. The van der Waals surface area contributed by atoms with Gasteiger partial charge in [0.25, 0.3) is 0 Å². The summed E-state index contributed by atoms with van der Waals surface area (Å²) in [7, 11) is 3.38. The van der Waals surface area contributed by atoms with Gasteiger partial charge in [0, 0.05) is 39.0 Å². The maximum absolute atomic E-state index is 12.3. The van der Waals surface area contributed by atoms with Crippen molar-refractivity contribution in [3.8, 4) is 0 Å². The predicted octanol–water partition coefficient (Wildman–Crippen LogP) is 0.735. The highest BCUT2D eigenvalue weighted by atomic mass is 16.2. The number of rotatable bonds is 5. The molecule has 5 heteroatoms. The molecule has 1 aliphatic carbocycles. The third-order valence-corrected chi connectivity index (χ3v) is 4.18. The minimum absolute atomic E-state index is 0.000961. The zero-order valence-electron chi connectivity index (χ0n) is 12.3. The Labute approximate surface area is 115 Å². The number of amides is 2. The average molecular weight is 269 g/mol. The van der Waals surface area contributed by atoms with Gasteiger partial charge < -0.3 is 16.0 Å². The van der Waals surface area contributed by atoms with E-state index in [1.165, 1.54) is 0 Å². The van der Waals surface area contributed by atoms with Crippen molar-refractivity contribution < 1.29 is 9.59 Å². The second-order valence-corrected chi connectivity index (χ2v) is 5.66. The van der Waals surface area contributed by atoms with E-state index in [4.69, 9.17) is 5.73 Å². The smallest absolute Gasteiger partial charge is 0.225 e. The molecule has 0 aromatic carbocycles. The number of carbonyl (C=O) groups excluding carboxylic acids is 2. The van der Waals surface area contributed by atoms with Gasteiger partial charge in [-0.05, 0) is 25.2 Å². The molecule has 2 amide bonds. The van der Waals surface area contributed by atoms with Crippen LogP contribution in [0.25, 0.3) is 0 Å². The molecule has 1 aliphatic rings. The number of hydrogen-bond acceptors (Lipinski definition) is 3. The van der Waals surface area contributed by atoms with Crippen LogP contribution in [0.4, 0.5) is 0 Å². The van der Waals surface area contributed by atoms with Crippen molar-refractivity contribution in [1.29, 1.82) is 0 Å². The van der Waals surface area contributed by atoms with E-state index in [1.54, 1.807) is 19.0 Å². The maximum Gasteiger partial charge on any atom is 0.225 e. The maximum atomic E-state index is 12.3. The molecular formula is C14H27N3O2. The second-order valence-electron chi connectivity index (χ2n) is 5.66. The first-order valence-electron chi connectivity index (χ1n) is 7.16. The highest BCUT2D eigenvalue weighted by molar-refractivity contribution is 5.80. The summed E-state index contributed by atoms with van der Waals surface area (Å²) >= 11 is 0. The van der Waals surface area contributed by atoms with E-state index in [0.29, 0.717) is 18.9 Å². The summed E-state index contributed by atoms with van der Waals surface area (Å²) < 4.78 is 0. The van der Waals surface area contributed by atoms with Crippen molar-refractivity contribution in [3.63, 3.8) is 0 Å². The van der Waals surface area contributed by atoms with Gasteiger partial charge in [0.2, 0.25) is 11.8 Å². The van der Waals surface area contributed by atoms with Gasteiger partial charge in [-0.15, -0.1) is 0 Å². The first-order valence-corrected chi connectivity index (χ1v) is 7.16. The Hall–Kier alpha value is -1.10. The number of nitrogens with zero attached hydrogens (tertiary/aromatic N) is 1. The first-order chi connectivity index (χ1) is 8.95. The number of carbonyl (C=O) groups is 2. The predicted molar refractivity (Wildman–Crippen MR) is 75.4 cm³/mol. The summed E-state index contributed by atoms with van der Waals surface area (Å²) in [6.07, 6.45) is 4.57. The molecule has 0 aromatic rings. The van der Waals surface area contributed by atoms with Crippen molar-refractivity contribution in [1.82, 2.24) is 10.2 Å². The van der Waals surface area contributed by atoms with E-state index < -0.39 is 0 Å². The Morgan fingerprint density at radius 3 is 2.68 bits per heavy atom. The van der Waals surface area contributed by atoms with Crippen molar-refractivity contribution in [2.75, 3.05) is 20.6 Å². The van der Waals surface area contributed by atoms with Crippen molar-refractivity contribution in [2.45, 2.75) is 45.1 Å². The minimum atomic E-state index is -0.0352. The molecule has 3 atom stereocenters. The van der Waals surface area contributed by atoms with Gasteiger partial charge in [0.15, 0.2) is 0 Å². The summed E-state index contributed by atoms with van der Waals surface area (Å²) in [6, 6.07) is 0.241. The van der Waals surface area contributed by atoms with E-state index in [9.17, 15) is 9.59 Å². The zero-order chi connectivity index (χ0) is 14.4. The van der Waals surface area contributed by atoms with E-state index in [1.807, 2.05) is 6.92 Å². The molecule has 19 heavy (non-hydrogen) atoms. The molecule has 1 fully saturated rings. The van der Waals surface area contributed by atoms with Crippen LogP contribution < -0.4 is 11.1 Å². The number of hydrogen-bond donors (Lipinski definition) is 2. The highest BCUT2D eigenvalue weighted by Gasteiger charge is 2.30. The van der Waals surface area contributed by atoms with E-state index in [-0.39, 0.29) is 23.8 Å². The minimum Gasteiger partial charge on any atom is -0.359 e. The first kappa shape index (κ1) is 16.0. The van der Waals surface area contributed by atoms with Gasteiger partial charge >= 0.3 is 0 Å². The molecule has 0 saturated heterocycles. The van der Waals surface area contributed by atoms with Crippen LogP contribution in [0.15, 0.2) is 0 Å². The van der Waals surface area contributed by atoms with Crippen molar-refractivity contribution in [2.24, 2.45) is 17.6 Å². The van der Waals surface area contributed by atoms with Crippen LogP contribution in [0.1, 0.15) is 39.0 Å². The molecule has 110 valence electrons. The fourth-order valence-corrected chi connectivity index (χ4v) is 2.77. The molecule has 5 nitrogen and oxygen atoms in total. The summed E-state index contributed by atoms with van der Waals surface area (Å²) in [5.41, 5.74) is 5.98. The topological polar surface area (TPSA) is 75.4 Å². The zero-order valence-corrected chi connectivity index (χ0v) is 12.3. The Bertz CT molecular complexity index is 320. The van der Waals surface area contributed by atoms with Gasteiger partial charge in [0.1, 0.15) is 0 Å². The number of nitrogens with two attached hydrogens (primary N) is 1. The van der Waals surface area contributed by atoms with Crippen molar-refractivity contribution >= 4 is 11.8 Å². The van der Waals surface area contributed by atoms with Gasteiger partial charge in [-0.3, -0.25) is 9.59 Å². The summed E-state index contributed by atoms with van der Waals surface area (Å²) in [5, 5.41) is 2.56. The van der Waals surface area contributed by atoms with Crippen LogP contribution in [0, 0.1) is 11.8 Å². The molecule has 0 spiro atoms. The number of nitrogens with one attached hydrogen (secondary N) is 1. The molecule has 1 rings (SSSR count). The monoisotopic (exact) mass is 269 g/mol. The lowest BCUT2D eigenvalue weighted by Gasteiger charge is -2.32. The fourth-order valence-electron chi connectivity index (χ4n) is 2.77. The standard InChI is InChI=1S/C14H27N3O2/c1-10(11-5-4-6-12(15)9-11)14(19)17(3)8-7-13(18)16-2/h10-12H,4-9,15H2,1-3H3,(H,16,18). The summed E-state index contributed by atoms with van der Waals surface area (Å²) in [6.45, 7) is 2.46. The van der Waals surface area contributed by atoms with Gasteiger partial charge in [0.05, 0.1) is 0 Å². The summed E-state index contributed by atoms with van der Waals surface area (Å²) in [5.74, 6) is 0.481. The Morgan fingerprint density at radius 1 is 1.42 bits per heavy atom. The summed E-state index contributed by atoms with van der Waals surface area (Å²) in [4.78, 5) is 25.2. The Balaban J connectivity index is 2.44. The largest absolute Gasteiger partial charge is 0.359 e. The van der Waals surface area contributed by atoms with Crippen LogP contribution in [0.3, 0.4) is 0 Å². The molecular weight excluding hydrogens is 242 g/mol. The molecule has 0 radical (unpaired) electrons. The van der Waals surface area contributed by atoms with Crippen LogP contribution in [-0.4, -0.2) is 43.4 Å². The van der Waals surface area contributed by atoms with Gasteiger partial charge in [-0.1, -0.05) is 13.3 Å². The van der Waals surface area contributed by atoms with Gasteiger partial charge in [-0.25, -0.2) is 0 Å². The Kier molecular flexibility index (Phi) is 6.28. The third-order valence-electron chi connectivity index (χ3n) is 4.18. The van der Waals surface area contributed by atoms with Crippen LogP contribution in [0.5, 0.6) is 0 Å². The highest BCUT2D eigenvalue weighted by Crippen LogP contribution is 2.30. The van der Waals surface area contributed by atoms with E-state index in [0.717, 1.165) is 25.7 Å². The molecule has 0 bridgehead atoms. The van der Waals surface area contributed by atoms with Gasteiger partial charge in [-0.2, -0.15) is 0 Å². The fraction of sp³-hybridized carbons (Fsp3) is 0.857.